The highest BCUT2D eigenvalue weighted by Crippen LogP contribution is 2.60. The third kappa shape index (κ3) is 5.32. The summed E-state index contributed by atoms with van der Waals surface area (Å²) in [5.74, 6) is -0.232. The van der Waals surface area contributed by atoms with Crippen molar-refractivity contribution in [3.8, 4) is 0 Å². The first-order valence-corrected chi connectivity index (χ1v) is 13.3. The SMILES string of the molecule is CCCCCCCC(=O)OC1CC(C)=C2C(CC)C(O)(C(C)C=O)CCC(CCC)C21C. The van der Waals surface area contributed by atoms with Crippen LogP contribution in [0.3, 0.4) is 0 Å². The van der Waals surface area contributed by atoms with E-state index in [0.717, 1.165) is 51.2 Å². The van der Waals surface area contributed by atoms with Crippen LogP contribution in [0, 0.1) is 23.2 Å². The Morgan fingerprint density at radius 2 is 1.88 bits per heavy atom. The number of carbonyl (C=O) groups is 2. The molecule has 0 saturated heterocycles. The lowest BCUT2D eigenvalue weighted by Crippen LogP contribution is -2.47. The van der Waals surface area contributed by atoms with Crippen LogP contribution in [0.4, 0.5) is 0 Å². The van der Waals surface area contributed by atoms with Gasteiger partial charge in [0.15, 0.2) is 0 Å². The molecule has 6 unspecified atom stereocenters. The Hall–Kier alpha value is -1.16. The number of carbonyl (C=O) groups excluding carboxylic acids is 2. The highest BCUT2D eigenvalue weighted by atomic mass is 16.5. The molecule has 1 fully saturated rings. The van der Waals surface area contributed by atoms with Gasteiger partial charge in [-0.05, 0) is 44.9 Å². The van der Waals surface area contributed by atoms with Crippen molar-refractivity contribution < 1.29 is 19.4 Å². The monoisotopic (exact) mass is 448 g/mol. The van der Waals surface area contributed by atoms with Crippen molar-refractivity contribution in [1.29, 1.82) is 0 Å². The zero-order chi connectivity index (χ0) is 23.9. The molecule has 32 heavy (non-hydrogen) atoms. The Bertz CT molecular complexity index is 668. The van der Waals surface area contributed by atoms with Crippen LogP contribution in [0.2, 0.25) is 0 Å². The van der Waals surface area contributed by atoms with Crippen molar-refractivity contribution in [1.82, 2.24) is 0 Å². The van der Waals surface area contributed by atoms with Gasteiger partial charge >= 0.3 is 5.97 Å². The lowest BCUT2D eigenvalue weighted by molar-refractivity contribution is -0.155. The molecule has 0 aromatic carbocycles. The molecule has 0 spiro atoms. The fraction of sp³-hybridized carbons (Fsp3) is 0.857. The predicted octanol–water partition coefficient (Wildman–Crippen LogP) is 6.79. The number of hydrogen-bond acceptors (Lipinski definition) is 4. The van der Waals surface area contributed by atoms with Gasteiger partial charge in [0.05, 0.1) is 5.60 Å². The summed E-state index contributed by atoms with van der Waals surface area (Å²) in [6.45, 7) is 12.8. The summed E-state index contributed by atoms with van der Waals surface area (Å²) >= 11 is 0. The highest BCUT2D eigenvalue weighted by molar-refractivity contribution is 5.70. The minimum atomic E-state index is -1.03. The van der Waals surface area contributed by atoms with E-state index in [-0.39, 0.29) is 23.4 Å². The van der Waals surface area contributed by atoms with E-state index in [9.17, 15) is 14.7 Å². The Kier molecular flexibility index (Phi) is 10.00. The van der Waals surface area contributed by atoms with Crippen molar-refractivity contribution in [2.75, 3.05) is 0 Å². The van der Waals surface area contributed by atoms with Gasteiger partial charge in [-0.3, -0.25) is 4.79 Å². The average Bonchev–Trinajstić information content (AvgIpc) is 2.95. The van der Waals surface area contributed by atoms with E-state index in [4.69, 9.17) is 4.74 Å². The second-order valence-electron chi connectivity index (χ2n) is 10.7. The van der Waals surface area contributed by atoms with Crippen molar-refractivity contribution in [3.05, 3.63) is 11.1 Å². The highest BCUT2D eigenvalue weighted by Gasteiger charge is 2.58. The van der Waals surface area contributed by atoms with Gasteiger partial charge in [0.25, 0.3) is 0 Å². The van der Waals surface area contributed by atoms with Gasteiger partial charge in [0.2, 0.25) is 0 Å². The average molecular weight is 449 g/mol. The first-order chi connectivity index (χ1) is 15.2. The van der Waals surface area contributed by atoms with Crippen molar-refractivity contribution in [3.63, 3.8) is 0 Å². The van der Waals surface area contributed by atoms with Crippen LogP contribution >= 0.6 is 0 Å². The topological polar surface area (TPSA) is 63.6 Å². The molecule has 6 atom stereocenters. The fourth-order valence-corrected chi connectivity index (χ4v) is 6.79. The van der Waals surface area contributed by atoms with Gasteiger partial charge < -0.3 is 14.6 Å². The summed E-state index contributed by atoms with van der Waals surface area (Å²) < 4.78 is 6.21. The van der Waals surface area contributed by atoms with Crippen LogP contribution in [0.1, 0.15) is 119 Å². The molecular formula is C28H48O4. The summed E-state index contributed by atoms with van der Waals surface area (Å²) in [7, 11) is 0. The van der Waals surface area contributed by atoms with Gasteiger partial charge in [0.1, 0.15) is 12.4 Å². The van der Waals surface area contributed by atoms with Gasteiger partial charge in [-0.15, -0.1) is 0 Å². The largest absolute Gasteiger partial charge is 0.461 e. The normalized spacial score (nSPS) is 33.5. The summed E-state index contributed by atoms with van der Waals surface area (Å²) in [5, 5.41) is 11.8. The third-order valence-corrected chi connectivity index (χ3v) is 8.69. The van der Waals surface area contributed by atoms with Crippen molar-refractivity contribution in [2.24, 2.45) is 23.2 Å². The van der Waals surface area contributed by atoms with Crippen LogP contribution in [-0.2, 0) is 14.3 Å². The number of rotatable bonds is 12. The Morgan fingerprint density at radius 3 is 2.47 bits per heavy atom. The molecule has 184 valence electrons. The molecule has 4 heteroatoms. The lowest BCUT2D eigenvalue weighted by Gasteiger charge is -2.44. The Balaban J connectivity index is 2.32. The lowest BCUT2D eigenvalue weighted by atomic mass is 9.63. The standard InChI is InChI=1S/C28H48O4/c1-7-10-11-12-13-15-25(30)32-24-18-20(4)26-23(9-3)28(31,21(5)19-29)17-16-22(14-8-2)27(24,26)6/h19,21-24,31H,7-18H2,1-6H3. The number of esters is 1. The van der Waals surface area contributed by atoms with Gasteiger partial charge in [0, 0.05) is 30.1 Å². The molecule has 1 N–H and O–H groups in total. The third-order valence-electron chi connectivity index (χ3n) is 8.69. The van der Waals surface area contributed by atoms with Crippen molar-refractivity contribution >= 4 is 12.3 Å². The summed E-state index contributed by atoms with van der Waals surface area (Å²) in [6, 6.07) is 0. The number of unbranched alkanes of at least 4 members (excludes halogenated alkanes) is 4. The molecular weight excluding hydrogens is 400 g/mol. The van der Waals surface area contributed by atoms with Crippen LogP contribution in [0.25, 0.3) is 0 Å². The minimum Gasteiger partial charge on any atom is -0.461 e. The van der Waals surface area contributed by atoms with E-state index in [1.165, 1.54) is 30.4 Å². The number of aldehydes is 1. The van der Waals surface area contributed by atoms with Gasteiger partial charge in [-0.25, -0.2) is 0 Å². The number of fused-ring (bicyclic) bond motifs is 1. The smallest absolute Gasteiger partial charge is 0.306 e. The Morgan fingerprint density at radius 1 is 1.19 bits per heavy atom. The summed E-state index contributed by atoms with van der Waals surface area (Å²) in [4.78, 5) is 24.6. The molecule has 0 amide bonds. The molecule has 0 aromatic rings. The van der Waals surface area contributed by atoms with E-state index in [2.05, 4.69) is 34.6 Å². The molecule has 0 bridgehead atoms. The quantitative estimate of drug-likeness (QED) is 0.154. The number of hydrogen-bond donors (Lipinski definition) is 1. The van der Waals surface area contributed by atoms with E-state index in [0.29, 0.717) is 18.8 Å². The van der Waals surface area contributed by atoms with E-state index in [1.54, 1.807) is 0 Å². The maximum atomic E-state index is 12.8. The minimum absolute atomic E-state index is 0.0766. The van der Waals surface area contributed by atoms with E-state index < -0.39 is 11.5 Å². The van der Waals surface area contributed by atoms with Crippen LogP contribution in [0.5, 0.6) is 0 Å². The van der Waals surface area contributed by atoms with Gasteiger partial charge in [-0.1, -0.05) is 77.9 Å². The summed E-state index contributed by atoms with van der Waals surface area (Å²) in [6.07, 6.45) is 11.9. The molecule has 2 aliphatic rings. The number of ether oxygens (including phenoxy) is 1. The molecule has 0 aliphatic heterocycles. The maximum absolute atomic E-state index is 12.8. The zero-order valence-corrected chi connectivity index (χ0v) is 21.5. The van der Waals surface area contributed by atoms with Crippen LogP contribution < -0.4 is 0 Å². The van der Waals surface area contributed by atoms with Crippen molar-refractivity contribution in [2.45, 2.75) is 130 Å². The van der Waals surface area contributed by atoms with Gasteiger partial charge in [-0.2, -0.15) is 0 Å². The molecule has 0 radical (unpaired) electrons. The fourth-order valence-electron chi connectivity index (χ4n) is 6.79. The van der Waals surface area contributed by atoms with E-state index in [1.807, 2.05) is 6.92 Å². The second-order valence-corrected chi connectivity index (χ2v) is 10.7. The van der Waals surface area contributed by atoms with Crippen LogP contribution in [-0.4, -0.2) is 29.1 Å². The molecule has 2 aliphatic carbocycles. The molecule has 1 saturated carbocycles. The van der Waals surface area contributed by atoms with E-state index >= 15 is 0 Å². The Labute approximate surface area is 196 Å². The molecule has 2 rings (SSSR count). The maximum Gasteiger partial charge on any atom is 0.306 e. The second kappa shape index (κ2) is 11.8. The zero-order valence-electron chi connectivity index (χ0n) is 21.5. The van der Waals surface area contributed by atoms with Crippen LogP contribution in [0.15, 0.2) is 11.1 Å². The first-order valence-electron chi connectivity index (χ1n) is 13.3. The first kappa shape index (κ1) is 27.1. The molecule has 4 nitrogen and oxygen atoms in total. The summed E-state index contributed by atoms with van der Waals surface area (Å²) in [5.41, 5.74) is 1.22. The predicted molar refractivity (Wildman–Crippen MR) is 130 cm³/mol. The molecule has 0 heterocycles. The molecule has 0 aromatic heterocycles. The number of aliphatic hydroxyl groups is 1.